The summed E-state index contributed by atoms with van der Waals surface area (Å²) in [7, 11) is 0. The zero-order valence-corrected chi connectivity index (χ0v) is 15.8. The van der Waals surface area contributed by atoms with Gasteiger partial charge >= 0.3 is 5.97 Å². The third-order valence-corrected chi connectivity index (χ3v) is 5.32. The van der Waals surface area contributed by atoms with Gasteiger partial charge in [-0.3, -0.25) is 9.59 Å². The van der Waals surface area contributed by atoms with E-state index in [-0.39, 0.29) is 24.9 Å². The molecule has 1 atom stereocenters. The molecule has 2 aromatic carbocycles. The number of carbonyl (C=O) groups is 2. The highest BCUT2D eigenvalue weighted by Crippen LogP contribution is 2.37. The number of hydrogen-bond donors (Lipinski definition) is 1. The number of unbranched alkanes of at least 4 members (excludes halogenated alkanes) is 1. The van der Waals surface area contributed by atoms with E-state index in [9.17, 15) is 9.59 Å². The van der Waals surface area contributed by atoms with Crippen LogP contribution in [0.2, 0.25) is 0 Å². The largest absolute Gasteiger partial charge is 0.460 e. The van der Waals surface area contributed by atoms with Crippen molar-refractivity contribution in [3.63, 3.8) is 0 Å². The monoisotopic (exact) mass is 380 g/mol. The lowest BCUT2D eigenvalue weighted by molar-refractivity contribution is -0.162. The highest BCUT2D eigenvalue weighted by Gasteiger charge is 2.43. The maximum atomic E-state index is 13.0. The molecule has 0 bridgehead atoms. The van der Waals surface area contributed by atoms with E-state index in [2.05, 4.69) is 15.3 Å². The van der Waals surface area contributed by atoms with Crippen molar-refractivity contribution in [3.05, 3.63) is 58.5 Å². The number of piperidine rings is 1. The van der Waals surface area contributed by atoms with Gasteiger partial charge in [-0.1, -0.05) is 54.0 Å². The summed E-state index contributed by atoms with van der Waals surface area (Å²) in [5, 5.41) is 8.47. The Balaban J connectivity index is 1.70. The second-order valence-electron chi connectivity index (χ2n) is 7.18. The Morgan fingerprint density at radius 2 is 2.04 bits per heavy atom. The summed E-state index contributed by atoms with van der Waals surface area (Å²) in [6.07, 6.45) is 2.65. The number of benzene rings is 2. The van der Waals surface area contributed by atoms with Crippen molar-refractivity contribution >= 4 is 22.6 Å². The predicted molar refractivity (Wildman–Crippen MR) is 106 cm³/mol. The quantitative estimate of drug-likeness (QED) is 0.243. The molecular weight excluding hydrogens is 356 g/mol. The van der Waals surface area contributed by atoms with E-state index in [1.165, 1.54) is 0 Å². The van der Waals surface area contributed by atoms with Crippen LogP contribution in [0.15, 0.2) is 47.6 Å². The second kappa shape index (κ2) is 9.24. The maximum Gasteiger partial charge on any atom is 0.313 e. The van der Waals surface area contributed by atoms with Crippen molar-refractivity contribution in [1.29, 1.82) is 0 Å². The van der Waals surface area contributed by atoms with Crippen LogP contribution in [0.4, 0.5) is 0 Å². The van der Waals surface area contributed by atoms with Gasteiger partial charge in [0.05, 0.1) is 5.41 Å². The minimum absolute atomic E-state index is 0.122. The molecule has 0 aromatic heterocycles. The lowest BCUT2D eigenvalue weighted by Crippen LogP contribution is -2.46. The molecule has 1 saturated heterocycles. The Kier molecular flexibility index (Phi) is 6.50. The van der Waals surface area contributed by atoms with Crippen LogP contribution < -0.4 is 5.32 Å². The van der Waals surface area contributed by atoms with Gasteiger partial charge in [0.1, 0.15) is 6.61 Å². The third-order valence-electron chi connectivity index (χ3n) is 5.32. The normalized spacial score (nSPS) is 18.9. The first-order chi connectivity index (χ1) is 13.6. The van der Waals surface area contributed by atoms with Crippen LogP contribution in [0.25, 0.3) is 21.2 Å². The highest BCUT2D eigenvalue weighted by molar-refractivity contribution is 5.88. The lowest BCUT2D eigenvalue weighted by atomic mass is 9.74. The lowest BCUT2D eigenvalue weighted by Gasteiger charge is -2.34. The molecule has 3 rings (SSSR count). The summed E-state index contributed by atoms with van der Waals surface area (Å²) < 4.78 is 5.70. The summed E-state index contributed by atoms with van der Waals surface area (Å²) in [6, 6.07) is 13.9. The molecule has 1 aliphatic heterocycles. The predicted octanol–water partition coefficient (Wildman–Crippen LogP) is 4.26. The molecule has 28 heavy (non-hydrogen) atoms. The van der Waals surface area contributed by atoms with Gasteiger partial charge in [0.25, 0.3) is 0 Å². The average Bonchev–Trinajstić information content (AvgIpc) is 2.72. The van der Waals surface area contributed by atoms with Gasteiger partial charge in [0, 0.05) is 24.4 Å². The number of hydrogen-bond acceptors (Lipinski definition) is 4. The number of carbonyl (C=O) groups excluding carboxylic acids is 2. The first-order valence-corrected chi connectivity index (χ1v) is 9.56. The highest BCUT2D eigenvalue weighted by atomic mass is 16.5. The van der Waals surface area contributed by atoms with Gasteiger partial charge in [-0.2, -0.15) is 0 Å². The van der Waals surface area contributed by atoms with E-state index >= 15 is 0 Å². The fourth-order valence-corrected chi connectivity index (χ4v) is 3.79. The van der Waals surface area contributed by atoms with Gasteiger partial charge in [0.15, 0.2) is 0 Å². The fraction of sp³-hybridized carbons (Fsp3) is 0.429. The number of amides is 1. The van der Waals surface area contributed by atoms with E-state index < -0.39 is 5.41 Å². The molecule has 1 N–H and O–H groups in total. The van der Waals surface area contributed by atoms with Crippen molar-refractivity contribution in [2.45, 2.75) is 38.7 Å². The summed E-state index contributed by atoms with van der Waals surface area (Å²) in [6.45, 7) is 1.05. The molecule has 1 aliphatic rings. The summed E-state index contributed by atoms with van der Waals surface area (Å²) in [4.78, 5) is 27.7. The van der Waals surface area contributed by atoms with Crippen LogP contribution in [0.3, 0.4) is 0 Å². The third kappa shape index (κ3) is 4.61. The van der Waals surface area contributed by atoms with Gasteiger partial charge in [0.2, 0.25) is 5.91 Å². The molecule has 1 fully saturated rings. The van der Waals surface area contributed by atoms with Crippen molar-refractivity contribution in [1.82, 2.24) is 5.32 Å². The van der Waals surface area contributed by atoms with Crippen LogP contribution in [-0.2, 0) is 20.9 Å². The number of nitrogens with zero attached hydrogens (tertiary/aromatic N) is 3. The van der Waals surface area contributed by atoms with Gasteiger partial charge in [-0.05, 0) is 41.1 Å². The number of esters is 1. The number of azide groups is 1. The minimum atomic E-state index is -0.802. The van der Waals surface area contributed by atoms with Crippen molar-refractivity contribution < 1.29 is 14.3 Å². The second-order valence-corrected chi connectivity index (χ2v) is 7.18. The van der Waals surface area contributed by atoms with E-state index in [1.54, 1.807) is 0 Å². The maximum absolute atomic E-state index is 13.0. The molecule has 0 radical (unpaired) electrons. The number of nitrogens with one attached hydrogen (secondary N) is 1. The zero-order chi connectivity index (χ0) is 19.8. The Morgan fingerprint density at radius 3 is 2.86 bits per heavy atom. The Morgan fingerprint density at radius 1 is 1.21 bits per heavy atom. The van der Waals surface area contributed by atoms with Crippen molar-refractivity contribution in [2.75, 3.05) is 13.1 Å². The van der Waals surface area contributed by atoms with Crippen LogP contribution in [0.5, 0.6) is 0 Å². The minimum Gasteiger partial charge on any atom is -0.460 e. The molecule has 0 saturated carbocycles. The number of rotatable bonds is 8. The molecule has 1 unspecified atom stereocenters. The van der Waals surface area contributed by atoms with E-state index in [1.807, 2.05) is 42.5 Å². The number of ether oxygens (including phenoxy) is 1. The molecule has 1 amide bonds. The molecule has 7 heteroatoms. The Bertz CT molecular complexity index is 902. The van der Waals surface area contributed by atoms with Gasteiger partial charge in [-0.15, -0.1) is 0 Å². The first-order valence-electron chi connectivity index (χ1n) is 9.56. The van der Waals surface area contributed by atoms with Gasteiger partial charge < -0.3 is 10.1 Å². The van der Waals surface area contributed by atoms with Crippen molar-refractivity contribution in [3.8, 4) is 0 Å². The van der Waals surface area contributed by atoms with E-state index in [4.69, 9.17) is 10.3 Å². The molecule has 0 spiro atoms. The standard InChI is InChI=1S/C21H24N4O3/c22-25-24-12-4-3-10-21(11-13-23-19(26)14-21)20(27)28-15-17-8-5-7-16-6-1-2-9-18(16)17/h1-2,5-9H,3-4,10-15H2,(H,23,26). The molecule has 0 aliphatic carbocycles. The molecular formula is C21H24N4O3. The first kappa shape index (κ1) is 19.7. The van der Waals surface area contributed by atoms with E-state index in [0.717, 1.165) is 16.3 Å². The Hall–Kier alpha value is -3.05. The number of fused-ring (bicyclic) bond motifs is 1. The molecule has 2 aromatic rings. The van der Waals surface area contributed by atoms with Crippen LogP contribution in [0.1, 0.15) is 37.7 Å². The van der Waals surface area contributed by atoms with Gasteiger partial charge in [-0.25, -0.2) is 0 Å². The molecule has 146 valence electrons. The summed E-state index contributed by atoms with van der Waals surface area (Å²) in [5.74, 6) is -0.442. The van der Waals surface area contributed by atoms with Crippen molar-refractivity contribution in [2.24, 2.45) is 10.5 Å². The van der Waals surface area contributed by atoms with Crippen LogP contribution in [0, 0.1) is 5.41 Å². The zero-order valence-electron chi connectivity index (χ0n) is 15.8. The topological polar surface area (TPSA) is 104 Å². The summed E-state index contributed by atoms with van der Waals surface area (Å²) in [5.41, 5.74) is 8.52. The smallest absolute Gasteiger partial charge is 0.313 e. The van der Waals surface area contributed by atoms with Crippen LogP contribution >= 0.6 is 0 Å². The fourth-order valence-electron chi connectivity index (χ4n) is 3.79. The molecule has 7 nitrogen and oxygen atoms in total. The van der Waals surface area contributed by atoms with Crippen LogP contribution in [-0.4, -0.2) is 25.0 Å². The molecule has 1 heterocycles. The Labute approximate surface area is 163 Å². The SMILES string of the molecule is [N-]=[N+]=NCCCCC1(C(=O)OCc2cccc3ccccc23)CCNC(=O)C1. The van der Waals surface area contributed by atoms with E-state index in [0.29, 0.717) is 38.8 Å². The summed E-state index contributed by atoms with van der Waals surface area (Å²) >= 11 is 0. The average molecular weight is 380 g/mol.